The molecule has 0 amide bonds. The highest BCUT2D eigenvalue weighted by Gasteiger charge is 2.30. The number of hydrogen-bond acceptors (Lipinski definition) is 6. The summed E-state index contributed by atoms with van der Waals surface area (Å²) in [6, 6.07) is 2.08. The summed E-state index contributed by atoms with van der Waals surface area (Å²) in [6.45, 7) is 1.69. The SMILES string of the molecule is NC1C=C2C(=CC(F)=CN2c2cnccc2N2CCC[C@@H](N)C2)O1. The van der Waals surface area contributed by atoms with E-state index in [9.17, 15) is 4.39 Å². The number of ether oxygens (including phenoxy) is 1. The van der Waals surface area contributed by atoms with E-state index in [1.807, 2.05) is 6.07 Å². The fourth-order valence-electron chi connectivity index (χ4n) is 3.40. The van der Waals surface area contributed by atoms with Gasteiger partial charge in [0.1, 0.15) is 11.6 Å². The highest BCUT2D eigenvalue weighted by atomic mass is 19.1. The Morgan fingerprint density at radius 3 is 3.00 bits per heavy atom. The van der Waals surface area contributed by atoms with Crippen molar-refractivity contribution in [2.75, 3.05) is 22.9 Å². The second-order valence-corrected chi connectivity index (χ2v) is 6.24. The lowest BCUT2D eigenvalue weighted by atomic mass is 10.1. The van der Waals surface area contributed by atoms with Gasteiger partial charge in [-0.15, -0.1) is 0 Å². The molecule has 1 fully saturated rings. The van der Waals surface area contributed by atoms with Crippen molar-refractivity contribution in [2.45, 2.75) is 25.1 Å². The first kappa shape index (κ1) is 15.2. The van der Waals surface area contributed by atoms with Gasteiger partial charge in [-0.1, -0.05) is 0 Å². The maximum Gasteiger partial charge on any atom is 0.169 e. The van der Waals surface area contributed by atoms with E-state index in [4.69, 9.17) is 16.2 Å². The van der Waals surface area contributed by atoms with Crippen LogP contribution in [0.15, 0.2) is 54.1 Å². The average Bonchev–Trinajstić information content (AvgIpc) is 2.94. The Balaban J connectivity index is 1.74. The Bertz CT molecular complexity index is 744. The van der Waals surface area contributed by atoms with Gasteiger partial charge in [0.25, 0.3) is 0 Å². The van der Waals surface area contributed by atoms with Crippen molar-refractivity contribution in [1.29, 1.82) is 0 Å². The van der Waals surface area contributed by atoms with Crippen molar-refractivity contribution >= 4 is 11.4 Å². The number of anilines is 2. The Morgan fingerprint density at radius 1 is 1.29 bits per heavy atom. The summed E-state index contributed by atoms with van der Waals surface area (Å²) < 4.78 is 19.5. The number of halogens is 1. The van der Waals surface area contributed by atoms with Gasteiger partial charge >= 0.3 is 0 Å². The third-order valence-corrected chi connectivity index (χ3v) is 4.45. The molecule has 0 saturated carbocycles. The second-order valence-electron chi connectivity index (χ2n) is 6.24. The summed E-state index contributed by atoms with van der Waals surface area (Å²) in [5.74, 6) is 0.0500. The van der Waals surface area contributed by atoms with Crippen molar-refractivity contribution in [1.82, 2.24) is 4.98 Å². The van der Waals surface area contributed by atoms with Crippen molar-refractivity contribution < 1.29 is 9.13 Å². The summed E-state index contributed by atoms with van der Waals surface area (Å²) in [6.07, 6.45) is 9.51. The van der Waals surface area contributed by atoms with E-state index >= 15 is 0 Å². The third kappa shape index (κ3) is 2.65. The van der Waals surface area contributed by atoms with Gasteiger partial charge in [-0.2, -0.15) is 0 Å². The summed E-state index contributed by atoms with van der Waals surface area (Å²) in [5, 5.41) is 0. The topological polar surface area (TPSA) is 80.6 Å². The Morgan fingerprint density at radius 2 is 2.17 bits per heavy atom. The first-order chi connectivity index (χ1) is 11.6. The second kappa shape index (κ2) is 5.92. The van der Waals surface area contributed by atoms with Crippen LogP contribution in [-0.4, -0.2) is 30.3 Å². The van der Waals surface area contributed by atoms with E-state index in [-0.39, 0.29) is 11.9 Å². The highest BCUT2D eigenvalue weighted by molar-refractivity contribution is 5.76. The molecule has 24 heavy (non-hydrogen) atoms. The fourth-order valence-corrected chi connectivity index (χ4v) is 3.40. The molecule has 4 heterocycles. The molecule has 126 valence electrons. The number of hydrogen-bond donors (Lipinski definition) is 2. The molecule has 4 N–H and O–H groups in total. The van der Waals surface area contributed by atoms with Crippen molar-refractivity contribution in [2.24, 2.45) is 11.5 Å². The van der Waals surface area contributed by atoms with E-state index in [1.165, 1.54) is 12.3 Å². The van der Waals surface area contributed by atoms with Gasteiger partial charge in [0, 0.05) is 37.6 Å². The molecule has 0 radical (unpaired) electrons. The van der Waals surface area contributed by atoms with Gasteiger partial charge in [0.2, 0.25) is 0 Å². The fraction of sp³-hybridized carbons (Fsp3) is 0.353. The molecule has 0 bridgehead atoms. The van der Waals surface area contributed by atoms with Crippen molar-refractivity contribution in [3.8, 4) is 0 Å². The molecular formula is C17H20FN5O. The van der Waals surface area contributed by atoms with E-state index in [0.717, 1.165) is 43.0 Å². The van der Waals surface area contributed by atoms with Crippen LogP contribution in [0.3, 0.4) is 0 Å². The number of allylic oxidation sites excluding steroid dienone is 2. The molecule has 1 aromatic heterocycles. The molecule has 0 aromatic carbocycles. The van der Waals surface area contributed by atoms with Crippen LogP contribution in [0.2, 0.25) is 0 Å². The average molecular weight is 329 g/mol. The normalized spacial score (nSPS) is 26.4. The van der Waals surface area contributed by atoms with E-state index < -0.39 is 6.23 Å². The first-order valence-electron chi connectivity index (χ1n) is 8.09. The van der Waals surface area contributed by atoms with Crippen molar-refractivity contribution in [3.63, 3.8) is 0 Å². The number of nitrogens with two attached hydrogens (primary N) is 2. The van der Waals surface area contributed by atoms with Gasteiger partial charge in [-0.25, -0.2) is 4.39 Å². The number of fused-ring (bicyclic) bond motifs is 1. The molecule has 3 aliphatic rings. The number of nitrogens with zero attached hydrogens (tertiary/aromatic N) is 3. The van der Waals surface area contributed by atoms with E-state index in [2.05, 4.69) is 9.88 Å². The quantitative estimate of drug-likeness (QED) is 0.860. The molecule has 2 atom stereocenters. The monoisotopic (exact) mass is 329 g/mol. The van der Waals surface area contributed by atoms with Crippen LogP contribution >= 0.6 is 0 Å². The predicted octanol–water partition coefficient (Wildman–Crippen LogP) is 1.72. The minimum Gasteiger partial charge on any atom is -0.470 e. The number of aromatic nitrogens is 1. The smallest absolute Gasteiger partial charge is 0.169 e. The first-order valence-corrected chi connectivity index (χ1v) is 8.09. The minimum atomic E-state index is -0.573. The van der Waals surface area contributed by atoms with E-state index in [1.54, 1.807) is 23.4 Å². The molecule has 1 saturated heterocycles. The standard InChI is InChI=1S/C17H20FN5O/c18-11-6-16-14(7-17(20)24-16)23(9-11)15-8-21-4-3-13(15)22-5-1-2-12(19)10-22/h3-4,6-9,12,17H,1-2,5,10,19-20H2/t12-,17?/m1/s1. The lowest BCUT2D eigenvalue weighted by Crippen LogP contribution is -2.43. The lowest BCUT2D eigenvalue weighted by Gasteiger charge is -2.36. The zero-order chi connectivity index (χ0) is 16.7. The van der Waals surface area contributed by atoms with Crippen LogP contribution in [0.25, 0.3) is 0 Å². The van der Waals surface area contributed by atoms with Crippen LogP contribution in [0.4, 0.5) is 15.8 Å². The summed E-state index contributed by atoms with van der Waals surface area (Å²) in [5.41, 5.74) is 14.4. The van der Waals surface area contributed by atoms with Crippen LogP contribution in [0.1, 0.15) is 12.8 Å². The van der Waals surface area contributed by atoms with Crippen LogP contribution in [0.5, 0.6) is 0 Å². The Hall–Kier alpha value is -2.38. The van der Waals surface area contributed by atoms with Gasteiger partial charge in [0.05, 0.1) is 23.3 Å². The number of piperidine rings is 1. The molecule has 7 heteroatoms. The summed E-state index contributed by atoms with van der Waals surface area (Å²) in [4.78, 5) is 8.20. The molecule has 6 nitrogen and oxygen atoms in total. The Labute approximate surface area is 139 Å². The van der Waals surface area contributed by atoms with Gasteiger partial charge in [-0.05, 0) is 25.0 Å². The molecule has 4 rings (SSSR count). The van der Waals surface area contributed by atoms with Crippen LogP contribution in [-0.2, 0) is 4.74 Å². The Kier molecular flexibility index (Phi) is 3.74. The van der Waals surface area contributed by atoms with Gasteiger partial charge in [0.15, 0.2) is 6.23 Å². The molecule has 3 aliphatic heterocycles. The molecule has 1 unspecified atom stereocenters. The van der Waals surface area contributed by atoms with Crippen LogP contribution in [0, 0.1) is 0 Å². The maximum atomic E-state index is 14.1. The summed E-state index contributed by atoms with van der Waals surface area (Å²) in [7, 11) is 0. The lowest BCUT2D eigenvalue weighted by molar-refractivity contribution is 0.185. The van der Waals surface area contributed by atoms with Gasteiger partial charge in [-0.3, -0.25) is 10.7 Å². The zero-order valence-electron chi connectivity index (χ0n) is 13.2. The summed E-state index contributed by atoms with van der Waals surface area (Å²) >= 11 is 0. The maximum absolute atomic E-state index is 14.1. The van der Waals surface area contributed by atoms with Crippen LogP contribution < -0.4 is 21.3 Å². The third-order valence-electron chi connectivity index (χ3n) is 4.45. The molecule has 0 spiro atoms. The number of pyridine rings is 1. The largest absolute Gasteiger partial charge is 0.470 e. The van der Waals surface area contributed by atoms with E-state index in [0.29, 0.717) is 5.76 Å². The number of rotatable bonds is 2. The minimum absolute atomic E-state index is 0.145. The van der Waals surface area contributed by atoms with Crippen molar-refractivity contribution in [3.05, 3.63) is 54.1 Å². The molecular weight excluding hydrogens is 309 g/mol. The zero-order valence-corrected chi connectivity index (χ0v) is 13.2. The molecule has 0 aliphatic carbocycles. The highest BCUT2D eigenvalue weighted by Crippen LogP contribution is 2.39. The predicted molar refractivity (Wildman–Crippen MR) is 90.6 cm³/mol. The molecule has 1 aromatic rings. The van der Waals surface area contributed by atoms with Gasteiger partial charge < -0.3 is 20.3 Å².